The minimum Gasteiger partial charge on any atom is -0.392 e. The Bertz CT molecular complexity index is 373. The van der Waals surface area contributed by atoms with Crippen molar-refractivity contribution in [3.63, 3.8) is 0 Å². The zero-order chi connectivity index (χ0) is 11.7. The van der Waals surface area contributed by atoms with Gasteiger partial charge in [-0.15, -0.1) is 0 Å². The van der Waals surface area contributed by atoms with Crippen molar-refractivity contribution in [2.45, 2.75) is 45.3 Å². The Morgan fingerprint density at radius 2 is 2.25 bits per heavy atom. The number of fused-ring (bicyclic) bond motifs is 1. The van der Waals surface area contributed by atoms with Crippen molar-refractivity contribution in [1.29, 1.82) is 0 Å². The van der Waals surface area contributed by atoms with Gasteiger partial charge < -0.3 is 10.4 Å². The zero-order valence-electron chi connectivity index (χ0n) is 10.3. The molecule has 0 saturated heterocycles. The quantitative estimate of drug-likeness (QED) is 0.818. The highest BCUT2D eigenvalue weighted by Crippen LogP contribution is 2.41. The number of aliphatic hydroxyl groups is 1. The maximum absolute atomic E-state index is 9.32. The second-order valence-electron chi connectivity index (χ2n) is 5.02. The third-order valence-electron chi connectivity index (χ3n) is 3.47. The second kappa shape index (κ2) is 4.56. The molecular formula is C14H21NO. The highest BCUT2D eigenvalue weighted by Gasteiger charge is 2.28. The Kier molecular flexibility index (Phi) is 3.31. The lowest BCUT2D eigenvalue weighted by atomic mass is 9.98. The number of hydrogen-bond donors (Lipinski definition) is 2. The number of nitrogens with one attached hydrogen (secondary N) is 1. The molecule has 2 heteroatoms. The Hall–Kier alpha value is -0.860. The number of hydrogen-bond acceptors (Lipinski definition) is 2. The van der Waals surface area contributed by atoms with Gasteiger partial charge in [-0.1, -0.05) is 25.1 Å². The zero-order valence-corrected chi connectivity index (χ0v) is 10.3. The molecule has 0 heterocycles. The number of aliphatic hydroxyl groups excluding tert-OH is 1. The van der Waals surface area contributed by atoms with Gasteiger partial charge in [-0.05, 0) is 42.9 Å². The van der Waals surface area contributed by atoms with Crippen LogP contribution in [0.1, 0.15) is 48.9 Å². The van der Waals surface area contributed by atoms with Gasteiger partial charge in [0.1, 0.15) is 0 Å². The lowest BCUT2D eigenvalue weighted by Crippen LogP contribution is -2.27. The minimum absolute atomic E-state index is 0.274. The van der Waals surface area contributed by atoms with E-state index in [2.05, 4.69) is 37.4 Å². The van der Waals surface area contributed by atoms with Gasteiger partial charge in [0, 0.05) is 12.6 Å². The molecule has 16 heavy (non-hydrogen) atoms. The monoisotopic (exact) mass is 219 g/mol. The maximum Gasteiger partial charge on any atom is 0.0636 e. The standard InChI is InChI=1S/C14H21NO/c1-9-5-4-6-12-13(15-8-11(3)16)7-10(2)14(9)12/h4-6,10-11,13,15-16H,7-8H2,1-3H3/t10?,11-,13?/m0/s1. The Morgan fingerprint density at radius 3 is 2.94 bits per heavy atom. The first-order chi connectivity index (χ1) is 7.59. The summed E-state index contributed by atoms with van der Waals surface area (Å²) in [6.45, 7) is 6.97. The first kappa shape index (κ1) is 11.6. The van der Waals surface area contributed by atoms with Gasteiger partial charge in [0.15, 0.2) is 0 Å². The van der Waals surface area contributed by atoms with Crippen LogP contribution in [-0.4, -0.2) is 17.8 Å². The fourth-order valence-electron chi connectivity index (χ4n) is 2.78. The third kappa shape index (κ3) is 2.13. The van der Waals surface area contributed by atoms with Crippen molar-refractivity contribution < 1.29 is 5.11 Å². The van der Waals surface area contributed by atoms with E-state index < -0.39 is 0 Å². The second-order valence-corrected chi connectivity index (χ2v) is 5.02. The summed E-state index contributed by atoms with van der Waals surface area (Å²) in [5.41, 5.74) is 4.32. The molecule has 3 atom stereocenters. The van der Waals surface area contributed by atoms with Crippen LogP contribution in [0.15, 0.2) is 18.2 Å². The summed E-state index contributed by atoms with van der Waals surface area (Å²) in [6.07, 6.45) is 0.872. The van der Waals surface area contributed by atoms with E-state index in [0.29, 0.717) is 18.5 Å². The fraction of sp³-hybridized carbons (Fsp3) is 0.571. The molecule has 2 unspecified atom stereocenters. The van der Waals surface area contributed by atoms with Crippen molar-refractivity contribution in [3.8, 4) is 0 Å². The van der Waals surface area contributed by atoms with Gasteiger partial charge in [0.25, 0.3) is 0 Å². The normalized spacial score (nSPS) is 25.5. The summed E-state index contributed by atoms with van der Waals surface area (Å²) in [5, 5.41) is 12.8. The van der Waals surface area contributed by atoms with Crippen LogP contribution < -0.4 is 5.32 Å². The SMILES string of the molecule is Cc1cccc2c1C(C)CC2NC[C@H](C)O. The predicted octanol–water partition coefficient (Wildman–Crippen LogP) is 2.51. The molecule has 0 aliphatic heterocycles. The maximum atomic E-state index is 9.32. The molecule has 0 bridgehead atoms. The summed E-state index contributed by atoms with van der Waals surface area (Å²) in [4.78, 5) is 0. The molecule has 1 aromatic carbocycles. The van der Waals surface area contributed by atoms with Crippen molar-refractivity contribution in [3.05, 3.63) is 34.9 Å². The predicted molar refractivity (Wildman–Crippen MR) is 66.6 cm³/mol. The van der Waals surface area contributed by atoms with Crippen LogP contribution in [0.4, 0.5) is 0 Å². The van der Waals surface area contributed by atoms with Gasteiger partial charge in [-0.3, -0.25) is 0 Å². The summed E-state index contributed by atoms with van der Waals surface area (Å²) in [5.74, 6) is 0.627. The molecule has 2 rings (SSSR count). The molecule has 88 valence electrons. The first-order valence-corrected chi connectivity index (χ1v) is 6.10. The van der Waals surface area contributed by atoms with Gasteiger partial charge in [0.2, 0.25) is 0 Å². The van der Waals surface area contributed by atoms with Crippen LogP contribution in [0.25, 0.3) is 0 Å². The van der Waals surface area contributed by atoms with Gasteiger partial charge >= 0.3 is 0 Å². The molecule has 0 saturated carbocycles. The van der Waals surface area contributed by atoms with E-state index in [4.69, 9.17) is 0 Å². The van der Waals surface area contributed by atoms with Crippen LogP contribution in [0.5, 0.6) is 0 Å². The van der Waals surface area contributed by atoms with E-state index in [1.165, 1.54) is 16.7 Å². The number of benzene rings is 1. The molecule has 0 spiro atoms. The van der Waals surface area contributed by atoms with Crippen molar-refractivity contribution in [1.82, 2.24) is 5.32 Å². The van der Waals surface area contributed by atoms with Crippen molar-refractivity contribution in [2.75, 3.05) is 6.54 Å². The highest BCUT2D eigenvalue weighted by atomic mass is 16.3. The molecule has 1 aromatic rings. The van der Waals surface area contributed by atoms with E-state index in [0.717, 1.165) is 6.42 Å². The van der Waals surface area contributed by atoms with Gasteiger partial charge in [-0.25, -0.2) is 0 Å². The van der Waals surface area contributed by atoms with E-state index in [1.807, 2.05) is 6.92 Å². The minimum atomic E-state index is -0.274. The molecule has 2 N–H and O–H groups in total. The average molecular weight is 219 g/mol. The van der Waals surface area contributed by atoms with Crippen molar-refractivity contribution in [2.24, 2.45) is 0 Å². The van der Waals surface area contributed by atoms with Crippen LogP contribution in [0, 0.1) is 6.92 Å². The van der Waals surface area contributed by atoms with E-state index in [1.54, 1.807) is 0 Å². The van der Waals surface area contributed by atoms with Crippen molar-refractivity contribution >= 4 is 0 Å². The van der Waals surface area contributed by atoms with Crippen LogP contribution in [-0.2, 0) is 0 Å². The molecule has 0 aromatic heterocycles. The fourth-order valence-corrected chi connectivity index (χ4v) is 2.78. The Balaban J connectivity index is 2.19. The van der Waals surface area contributed by atoms with Crippen LogP contribution in [0.3, 0.4) is 0 Å². The lowest BCUT2D eigenvalue weighted by molar-refractivity contribution is 0.185. The van der Waals surface area contributed by atoms with E-state index in [9.17, 15) is 5.11 Å². The molecule has 1 aliphatic carbocycles. The summed E-state index contributed by atoms with van der Waals surface area (Å²) in [6, 6.07) is 6.95. The van der Waals surface area contributed by atoms with Crippen LogP contribution >= 0.6 is 0 Å². The average Bonchev–Trinajstić information content (AvgIpc) is 2.54. The molecule has 2 nitrogen and oxygen atoms in total. The first-order valence-electron chi connectivity index (χ1n) is 6.10. The van der Waals surface area contributed by atoms with E-state index in [-0.39, 0.29) is 6.10 Å². The Labute approximate surface area is 97.7 Å². The topological polar surface area (TPSA) is 32.3 Å². The molecule has 0 fully saturated rings. The lowest BCUT2D eigenvalue weighted by Gasteiger charge is -2.15. The van der Waals surface area contributed by atoms with Gasteiger partial charge in [0.05, 0.1) is 6.10 Å². The molecule has 0 amide bonds. The highest BCUT2D eigenvalue weighted by molar-refractivity contribution is 5.43. The molecular weight excluding hydrogens is 198 g/mol. The number of aryl methyl sites for hydroxylation is 1. The summed E-state index contributed by atoms with van der Waals surface area (Å²) in [7, 11) is 0. The largest absolute Gasteiger partial charge is 0.392 e. The molecule has 0 radical (unpaired) electrons. The smallest absolute Gasteiger partial charge is 0.0636 e. The summed E-state index contributed by atoms with van der Waals surface area (Å²) < 4.78 is 0. The van der Waals surface area contributed by atoms with Gasteiger partial charge in [-0.2, -0.15) is 0 Å². The summed E-state index contributed by atoms with van der Waals surface area (Å²) >= 11 is 0. The Morgan fingerprint density at radius 1 is 1.50 bits per heavy atom. The van der Waals surface area contributed by atoms with Crippen LogP contribution in [0.2, 0.25) is 0 Å². The number of rotatable bonds is 3. The molecule has 1 aliphatic rings. The third-order valence-corrected chi connectivity index (χ3v) is 3.47. The van der Waals surface area contributed by atoms with E-state index >= 15 is 0 Å².